The lowest BCUT2D eigenvalue weighted by Crippen LogP contribution is -2.46. The number of anilines is 1. The monoisotopic (exact) mass is 401 g/mol. The van der Waals surface area contributed by atoms with Gasteiger partial charge in [0.15, 0.2) is 0 Å². The minimum Gasteiger partial charge on any atom is -0.495 e. The van der Waals surface area contributed by atoms with Crippen molar-refractivity contribution in [3.05, 3.63) is 24.3 Å². The third-order valence-electron chi connectivity index (χ3n) is 6.08. The lowest BCUT2D eigenvalue weighted by atomic mass is 9.94. The number of likely N-dealkylation sites (tertiary alicyclic amines) is 1. The van der Waals surface area contributed by atoms with Gasteiger partial charge in [-0.3, -0.25) is 14.4 Å². The first-order chi connectivity index (χ1) is 14.0. The number of ether oxygens (including phenoxy) is 1. The van der Waals surface area contributed by atoms with Gasteiger partial charge in [0, 0.05) is 45.1 Å². The summed E-state index contributed by atoms with van der Waals surface area (Å²) in [5, 5.41) is 0. The van der Waals surface area contributed by atoms with Gasteiger partial charge in [-0.05, 0) is 38.8 Å². The van der Waals surface area contributed by atoms with Crippen molar-refractivity contribution in [3.8, 4) is 5.75 Å². The molecule has 0 saturated carbocycles. The van der Waals surface area contributed by atoms with Gasteiger partial charge in [0.05, 0.1) is 18.7 Å². The summed E-state index contributed by atoms with van der Waals surface area (Å²) in [5.41, 5.74) is 0.707. The first-order valence-electron chi connectivity index (χ1n) is 10.5. The summed E-state index contributed by atoms with van der Waals surface area (Å²) in [7, 11) is 1.58. The average molecular weight is 402 g/mol. The van der Waals surface area contributed by atoms with Crippen LogP contribution in [-0.2, 0) is 14.4 Å². The SMILES string of the molecule is CCN(CC)C(=O)C1CCN(C(=O)C2CC(=O)N(c3ccccc3OC)C2)CC1. The van der Waals surface area contributed by atoms with Crippen molar-refractivity contribution < 1.29 is 19.1 Å². The summed E-state index contributed by atoms with van der Waals surface area (Å²) in [4.78, 5) is 43.5. The van der Waals surface area contributed by atoms with Gasteiger partial charge in [0.2, 0.25) is 17.7 Å². The molecule has 0 N–H and O–H groups in total. The Morgan fingerprint density at radius 2 is 1.76 bits per heavy atom. The van der Waals surface area contributed by atoms with E-state index in [9.17, 15) is 14.4 Å². The Morgan fingerprint density at radius 1 is 1.10 bits per heavy atom. The lowest BCUT2D eigenvalue weighted by molar-refractivity contribution is -0.142. The normalized spacial score (nSPS) is 20.1. The maximum atomic E-state index is 13.0. The molecule has 158 valence electrons. The fourth-order valence-corrected chi connectivity index (χ4v) is 4.36. The molecule has 2 saturated heterocycles. The van der Waals surface area contributed by atoms with Gasteiger partial charge < -0.3 is 19.4 Å². The zero-order valence-electron chi connectivity index (χ0n) is 17.6. The van der Waals surface area contributed by atoms with Gasteiger partial charge in [0.1, 0.15) is 5.75 Å². The van der Waals surface area contributed by atoms with E-state index in [0.29, 0.717) is 43.9 Å². The Morgan fingerprint density at radius 3 is 2.38 bits per heavy atom. The van der Waals surface area contributed by atoms with Crippen LogP contribution in [0.4, 0.5) is 5.69 Å². The van der Waals surface area contributed by atoms with Crippen molar-refractivity contribution in [2.45, 2.75) is 33.1 Å². The highest BCUT2D eigenvalue weighted by Crippen LogP contribution is 2.33. The van der Waals surface area contributed by atoms with Crippen LogP contribution in [0.2, 0.25) is 0 Å². The summed E-state index contributed by atoms with van der Waals surface area (Å²) in [5.74, 6) is 0.436. The summed E-state index contributed by atoms with van der Waals surface area (Å²) < 4.78 is 5.36. The smallest absolute Gasteiger partial charge is 0.228 e. The summed E-state index contributed by atoms with van der Waals surface area (Å²) in [6.45, 7) is 6.95. The summed E-state index contributed by atoms with van der Waals surface area (Å²) >= 11 is 0. The van der Waals surface area contributed by atoms with Crippen LogP contribution in [0.25, 0.3) is 0 Å². The van der Waals surface area contributed by atoms with Crippen LogP contribution in [0, 0.1) is 11.8 Å². The number of rotatable bonds is 6. The summed E-state index contributed by atoms with van der Waals surface area (Å²) in [6.07, 6.45) is 1.60. The van der Waals surface area contributed by atoms with Gasteiger partial charge in [-0.2, -0.15) is 0 Å². The highest BCUT2D eigenvalue weighted by atomic mass is 16.5. The van der Waals surface area contributed by atoms with E-state index >= 15 is 0 Å². The highest BCUT2D eigenvalue weighted by Gasteiger charge is 2.39. The maximum Gasteiger partial charge on any atom is 0.228 e. The molecule has 29 heavy (non-hydrogen) atoms. The van der Waals surface area contributed by atoms with Crippen LogP contribution < -0.4 is 9.64 Å². The van der Waals surface area contributed by atoms with Gasteiger partial charge >= 0.3 is 0 Å². The molecule has 7 nitrogen and oxygen atoms in total. The number of carbonyl (C=O) groups excluding carboxylic acids is 3. The van der Waals surface area contributed by atoms with Gasteiger partial charge in [-0.25, -0.2) is 0 Å². The molecule has 3 amide bonds. The molecule has 0 bridgehead atoms. The molecule has 0 spiro atoms. The Labute approximate surface area is 172 Å². The molecule has 1 aromatic rings. The standard InChI is InChI=1S/C22H31N3O4/c1-4-23(5-2)21(27)16-10-12-24(13-11-16)22(28)17-14-20(26)25(15-17)18-8-6-7-9-19(18)29-3/h6-9,16-17H,4-5,10-15H2,1-3H3. The van der Waals surface area contributed by atoms with Crippen molar-refractivity contribution in [2.24, 2.45) is 11.8 Å². The number of carbonyl (C=O) groups is 3. The van der Waals surface area contributed by atoms with Gasteiger partial charge in [-0.15, -0.1) is 0 Å². The van der Waals surface area contributed by atoms with Gasteiger partial charge in [0.25, 0.3) is 0 Å². The van der Waals surface area contributed by atoms with E-state index in [2.05, 4.69) is 0 Å². The molecule has 1 aromatic carbocycles. The molecule has 2 aliphatic heterocycles. The molecule has 0 aromatic heterocycles. The Kier molecular flexibility index (Phi) is 6.77. The fourth-order valence-electron chi connectivity index (χ4n) is 4.36. The third-order valence-corrected chi connectivity index (χ3v) is 6.08. The second-order valence-electron chi connectivity index (χ2n) is 7.69. The molecule has 0 radical (unpaired) electrons. The van der Waals surface area contributed by atoms with Crippen molar-refractivity contribution in [2.75, 3.05) is 44.7 Å². The zero-order chi connectivity index (χ0) is 21.0. The van der Waals surface area contributed by atoms with Gasteiger partial charge in [-0.1, -0.05) is 12.1 Å². The van der Waals surface area contributed by atoms with E-state index in [1.54, 1.807) is 12.0 Å². The molecular weight excluding hydrogens is 370 g/mol. The lowest BCUT2D eigenvalue weighted by Gasteiger charge is -2.34. The van der Waals surface area contributed by atoms with Crippen LogP contribution >= 0.6 is 0 Å². The number of piperidine rings is 1. The van der Waals surface area contributed by atoms with E-state index in [-0.39, 0.29) is 36.0 Å². The Balaban J connectivity index is 1.60. The molecule has 2 aliphatic rings. The Bertz CT molecular complexity index is 754. The van der Waals surface area contributed by atoms with Crippen molar-refractivity contribution in [3.63, 3.8) is 0 Å². The van der Waals surface area contributed by atoms with E-state index in [0.717, 1.165) is 13.1 Å². The fraction of sp³-hybridized carbons (Fsp3) is 0.591. The number of hydrogen-bond acceptors (Lipinski definition) is 4. The third kappa shape index (κ3) is 4.38. The van der Waals surface area contributed by atoms with Crippen LogP contribution in [0.5, 0.6) is 5.75 Å². The number of para-hydroxylation sites is 2. The molecule has 3 rings (SSSR count). The average Bonchev–Trinajstić information content (AvgIpc) is 3.15. The molecule has 1 unspecified atom stereocenters. The van der Waals surface area contributed by atoms with E-state index < -0.39 is 0 Å². The second kappa shape index (κ2) is 9.29. The second-order valence-corrected chi connectivity index (χ2v) is 7.69. The number of nitrogens with zero attached hydrogens (tertiary/aromatic N) is 3. The van der Waals surface area contributed by atoms with Crippen LogP contribution in [0.15, 0.2) is 24.3 Å². The van der Waals surface area contributed by atoms with Crippen LogP contribution in [-0.4, -0.2) is 67.4 Å². The minimum atomic E-state index is -0.345. The first-order valence-corrected chi connectivity index (χ1v) is 10.5. The quantitative estimate of drug-likeness (QED) is 0.732. The first kappa shape index (κ1) is 21.1. The molecule has 7 heteroatoms. The zero-order valence-corrected chi connectivity index (χ0v) is 17.6. The predicted octanol–water partition coefficient (Wildman–Crippen LogP) is 2.16. The van der Waals surface area contributed by atoms with E-state index in [1.807, 2.05) is 47.9 Å². The minimum absolute atomic E-state index is 0.00533. The largest absolute Gasteiger partial charge is 0.495 e. The number of methoxy groups -OCH3 is 1. The van der Waals surface area contributed by atoms with Crippen LogP contribution in [0.1, 0.15) is 33.1 Å². The number of benzene rings is 1. The molecule has 0 aliphatic carbocycles. The van der Waals surface area contributed by atoms with E-state index in [4.69, 9.17) is 4.74 Å². The topological polar surface area (TPSA) is 70.2 Å². The van der Waals surface area contributed by atoms with Crippen LogP contribution in [0.3, 0.4) is 0 Å². The maximum absolute atomic E-state index is 13.0. The van der Waals surface area contributed by atoms with E-state index in [1.165, 1.54) is 0 Å². The molecule has 2 heterocycles. The number of hydrogen-bond donors (Lipinski definition) is 0. The predicted molar refractivity (Wildman–Crippen MR) is 111 cm³/mol. The highest BCUT2D eigenvalue weighted by molar-refractivity contribution is 6.01. The molecular formula is C22H31N3O4. The summed E-state index contributed by atoms with van der Waals surface area (Å²) in [6, 6.07) is 7.37. The molecule has 1 atom stereocenters. The van der Waals surface area contributed by atoms with Crippen molar-refractivity contribution in [1.82, 2.24) is 9.80 Å². The van der Waals surface area contributed by atoms with Crippen molar-refractivity contribution in [1.29, 1.82) is 0 Å². The van der Waals surface area contributed by atoms with Crippen molar-refractivity contribution >= 4 is 23.4 Å². The number of amides is 3. The molecule has 2 fully saturated rings. The Hall–Kier alpha value is -2.57.